The van der Waals surface area contributed by atoms with Gasteiger partial charge in [-0.15, -0.1) is 0 Å². The molecular formula is C37H33FN2O. The fraction of sp³-hybridized carbons (Fsp3) is 0.135. The number of fused-ring (bicyclic) bond motifs is 1. The first-order chi connectivity index (χ1) is 19.7. The minimum atomic E-state index is -0.368. The highest BCUT2D eigenvalue weighted by Crippen LogP contribution is 2.35. The Morgan fingerprint density at radius 3 is 2.51 bits per heavy atom. The number of pyridine rings is 1. The highest BCUT2D eigenvalue weighted by atomic mass is 19.1. The van der Waals surface area contributed by atoms with Gasteiger partial charge in [0.1, 0.15) is 11.6 Å². The second kappa shape index (κ2) is 11.7. The summed E-state index contributed by atoms with van der Waals surface area (Å²) in [4.78, 5) is 19.8. The van der Waals surface area contributed by atoms with Crippen molar-refractivity contribution in [3.05, 3.63) is 168 Å². The molecule has 1 aliphatic carbocycles. The van der Waals surface area contributed by atoms with Crippen LogP contribution in [0.3, 0.4) is 0 Å². The summed E-state index contributed by atoms with van der Waals surface area (Å²) in [5.74, 6) is 0.568. The molecule has 0 radical (unpaired) electrons. The van der Waals surface area contributed by atoms with Crippen LogP contribution in [0, 0.1) is 11.2 Å². The highest BCUT2D eigenvalue weighted by molar-refractivity contribution is 6.02. The average Bonchev–Trinajstić information content (AvgIpc) is 3.24. The smallest absolute Gasteiger partial charge is 0.170 e. The van der Waals surface area contributed by atoms with E-state index in [1.807, 2.05) is 110 Å². The molecule has 204 valence electrons. The number of carbonyl (C=O) groups excluding carboxylic acids is 1. The van der Waals surface area contributed by atoms with Crippen LogP contribution in [0.2, 0.25) is 0 Å². The van der Waals surface area contributed by atoms with Gasteiger partial charge in [-0.3, -0.25) is 4.79 Å². The van der Waals surface area contributed by atoms with Gasteiger partial charge in [0.15, 0.2) is 5.78 Å². The van der Waals surface area contributed by atoms with E-state index in [1.165, 1.54) is 12.1 Å². The van der Waals surface area contributed by atoms with Gasteiger partial charge in [0.2, 0.25) is 0 Å². The molecule has 0 saturated carbocycles. The van der Waals surface area contributed by atoms with Crippen molar-refractivity contribution in [2.75, 3.05) is 4.90 Å². The van der Waals surface area contributed by atoms with Crippen LogP contribution in [0.15, 0.2) is 140 Å². The summed E-state index contributed by atoms with van der Waals surface area (Å²) in [6.07, 6.45) is 17.2. The number of anilines is 1. The fourth-order valence-corrected chi connectivity index (χ4v) is 5.02. The molecule has 3 aromatic rings. The number of Topliss-reactive ketones (excluding diaryl/α,β-unsaturated/α-hetero) is 1. The SMILES string of the molecule is C=C/C(=C\C(=C/C(=C)c1ccccc1)C1=CN(c2ccc3c(n2)CCC(C)(C)C3=O)C=CC=C1)c1cccc(F)c1. The molecule has 2 heterocycles. The lowest BCUT2D eigenvalue weighted by atomic mass is 9.75. The lowest BCUT2D eigenvalue weighted by Gasteiger charge is -2.29. The number of aromatic nitrogens is 1. The van der Waals surface area contributed by atoms with Crippen LogP contribution in [0.25, 0.3) is 11.1 Å². The maximum absolute atomic E-state index is 14.1. The average molecular weight is 541 g/mol. The van der Waals surface area contributed by atoms with E-state index in [9.17, 15) is 9.18 Å². The van der Waals surface area contributed by atoms with Crippen molar-refractivity contribution in [1.82, 2.24) is 4.98 Å². The predicted octanol–water partition coefficient (Wildman–Crippen LogP) is 9.06. The van der Waals surface area contributed by atoms with Gasteiger partial charge in [-0.25, -0.2) is 9.37 Å². The van der Waals surface area contributed by atoms with Crippen LogP contribution >= 0.6 is 0 Å². The summed E-state index contributed by atoms with van der Waals surface area (Å²) >= 11 is 0. The first-order valence-corrected chi connectivity index (χ1v) is 13.7. The van der Waals surface area contributed by atoms with E-state index in [4.69, 9.17) is 4.98 Å². The van der Waals surface area contributed by atoms with E-state index in [1.54, 1.807) is 12.1 Å². The summed E-state index contributed by atoms with van der Waals surface area (Å²) < 4.78 is 14.1. The van der Waals surface area contributed by atoms with Crippen molar-refractivity contribution in [2.45, 2.75) is 26.7 Å². The molecule has 3 nitrogen and oxygen atoms in total. The van der Waals surface area contributed by atoms with Crippen LogP contribution < -0.4 is 4.90 Å². The number of hydrogen-bond donors (Lipinski definition) is 0. The molecule has 0 atom stereocenters. The van der Waals surface area contributed by atoms with Crippen LogP contribution in [0.4, 0.5) is 10.2 Å². The van der Waals surface area contributed by atoms with Gasteiger partial charge in [-0.05, 0) is 88.8 Å². The van der Waals surface area contributed by atoms with Gasteiger partial charge in [0, 0.05) is 23.4 Å². The lowest BCUT2D eigenvalue weighted by Crippen LogP contribution is -2.31. The summed E-state index contributed by atoms with van der Waals surface area (Å²) in [6.45, 7) is 12.3. The monoisotopic (exact) mass is 540 g/mol. The largest absolute Gasteiger partial charge is 0.308 e. The molecule has 1 aliphatic heterocycles. The summed E-state index contributed by atoms with van der Waals surface area (Å²) in [6, 6.07) is 20.3. The second-order valence-electron chi connectivity index (χ2n) is 10.9. The Morgan fingerprint density at radius 1 is 0.976 bits per heavy atom. The number of rotatable bonds is 7. The molecule has 0 amide bonds. The number of benzene rings is 2. The van der Waals surface area contributed by atoms with Gasteiger partial charge in [-0.2, -0.15) is 0 Å². The first kappa shape index (κ1) is 27.7. The van der Waals surface area contributed by atoms with Crippen LogP contribution in [-0.4, -0.2) is 10.8 Å². The van der Waals surface area contributed by atoms with E-state index in [2.05, 4.69) is 13.2 Å². The Labute approximate surface area is 241 Å². The first-order valence-electron chi connectivity index (χ1n) is 13.7. The molecule has 0 spiro atoms. The molecule has 0 saturated heterocycles. The number of carbonyl (C=O) groups is 1. The van der Waals surface area contributed by atoms with Crippen LogP contribution in [0.5, 0.6) is 0 Å². The molecule has 41 heavy (non-hydrogen) atoms. The molecule has 0 fully saturated rings. The maximum atomic E-state index is 14.1. The normalized spacial score (nSPS) is 16.6. The van der Waals surface area contributed by atoms with Crippen molar-refractivity contribution in [3.8, 4) is 0 Å². The maximum Gasteiger partial charge on any atom is 0.170 e. The minimum Gasteiger partial charge on any atom is -0.308 e. The van der Waals surface area contributed by atoms with Crippen LogP contribution in [0.1, 0.15) is 47.4 Å². The lowest BCUT2D eigenvalue weighted by molar-refractivity contribution is 0.0809. The van der Waals surface area contributed by atoms with E-state index < -0.39 is 0 Å². The molecule has 4 heteroatoms. The minimum absolute atomic E-state index is 0.145. The molecular weight excluding hydrogens is 507 g/mol. The molecule has 0 N–H and O–H groups in total. The molecule has 0 unspecified atom stereocenters. The molecule has 1 aromatic heterocycles. The third-order valence-corrected chi connectivity index (χ3v) is 7.48. The van der Waals surface area contributed by atoms with E-state index in [0.717, 1.165) is 57.8 Å². The Balaban J connectivity index is 1.59. The van der Waals surface area contributed by atoms with Crippen molar-refractivity contribution in [2.24, 2.45) is 5.41 Å². The third-order valence-electron chi connectivity index (χ3n) is 7.48. The summed E-state index contributed by atoms with van der Waals surface area (Å²) in [7, 11) is 0. The standard InChI is InChI=1S/C37H33FN2O/c1-5-27(29-15-11-16-32(38)24-29)23-31(22-26(2)28-12-7-6-8-13-28)30-14-9-10-21-40(25-30)35-18-17-33-34(39-35)19-20-37(3,4)36(33)41/h5-18,21-25H,1-2,19-20H2,3-4H3/b27-23+,31-22+. The number of nitrogens with zero attached hydrogens (tertiary/aromatic N) is 2. The Bertz CT molecular complexity index is 1670. The molecule has 2 aliphatic rings. The molecule has 2 aromatic carbocycles. The van der Waals surface area contributed by atoms with Crippen molar-refractivity contribution >= 4 is 22.7 Å². The number of ketones is 1. The number of allylic oxidation sites excluding steroid dienone is 10. The Morgan fingerprint density at radius 2 is 1.76 bits per heavy atom. The number of hydrogen-bond acceptors (Lipinski definition) is 3. The quantitative estimate of drug-likeness (QED) is 0.280. The zero-order chi connectivity index (χ0) is 29.0. The second-order valence-corrected chi connectivity index (χ2v) is 10.9. The van der Waals surface area contributed by atoms with Crippen LogP contribution in [-0.2, 0) is 6.42 Å². The van der Waals surface area contributed by atoms with Gasteiger partial charge >= 0.3 is 0 Å². The van der Waals surface area contributed by atoms with E-state index in [0.29, 0.717) is 5.56 Å². The number of aryl methyl sites for hydroxylation is 1. The highest BCUT2D eigenvalue weighted by Gasteiger charge is 2.35. The van der Waals surface area contributed by atoms with E-state index in [-0.39, 0.29) is 17.0 Å². The fourth-order valence-electron chi connectivity index (χ4n) is 5.02. The van der Waals surface area contributed by atoms with Gasteiger partial charge in [0.05, 0.1) is 5.69 Å². The van der Waals surface area contributed by atoms with Crippen molar-refractivity contribution in [1.29, 1.82) is 0 Å². The van der Waals surface area contributed by atoms with E-state index >= 15 is 0 Å². The Kier molecular flexibility index (Phi) is 7.93. The third kappa shape index (κ3) is 6.17. The zero-order valence-corrected chi connectivity index (χ0v) is 23.5. The predicted molar refractivity (Wildman–Crippen MR) is 168 cm³/mol. The van der Waals surface area contributed by atoms with Gasteiger partial charge < -0.3 is 4.90 Å². The summed E-state index contributed by atoms with van der Waals surface area (Å²) in [5, 5.41) is 0. The van der Waals surface area contributed by atoms with Gasteiger partial charge in [-0.1, -0.05) is 87.7 Å². The number of halogens is 1. The Hall–Kier alpha value is -4.83. The molecule has 5 rings (SSSR count). The summed E-state index contributed by atoms with van der Waals surface area (Å²) in [5.41, 5.74) is 6.30. The van der Waals surface area contributed by atoms with Crippen molar-refractivity contribution in [3.63, 3.8) is 0 Å². The van der Waals surface area contributed by atoms with Gasteiger partial charge in [0.25, 0.3) is 0 Å². The topological polar surface area (TPSA) is 33.2 Å². The zero-order valence-electron chi connectivity index (χ0n) is 23.5. The van der Waals surface area contributed by atoms with Crippen molar-refractivity contribution < 1.29 is 9.18 Å². The molecule has 0 bridgehead atoms.